The Morgan fingerprint density at radius 3 is 2.18 bits per heavy atom. The Bertz CT molecular complexity index is 311. The van der Waals surface area contributed by atoms with E-state index in [2.05, 4.69) is 6.92 Å². The Kier molecular flexibility index (Phi) is 6.01. The van der Waals surface area contributed by atoms with Crippen LogP contribution in [0.2, 0.25) is 0 Å². The minimum Gasteiger partial charge on any atom is -0.465 e. The smallest absolute Gasteiger partial charge is 0.199 e. The maximum Gasteiger partial charge on any atom is 0.199 e. The predicted molar refractivity (Wildman–Crippen MR) is 70.0 cm³/mol. The molecule has 3 nitrogen and oxygen atoms in total. The molecule has 0 aliphatic rings. The fourth-order valence-electron chi connectivity index (χ4n) is 1.60. The van der Waals surface area contributed by atoms with Gasteiger partial charge in [0.2, 0.25) is 0 Å². The van der Waals surface area contributed by atoms with Crippen LogP contribution in [0.4, 0.5) is 0 Å². The summed E-state index contributed by atoms with van der Waals surface area (Å²) < 4.78 is 11.2. The molecule has 0 aliphatic carbocycles. The molecule has 96 valence electrons. The first-order valence-electron chi connectivity index (χ1n) is 6.35. The Morgan fingerprint density at radius 2 is 1.71 bits per heavy atom. The summed E-state index contributed by atoms with van der Waals surface area (Å²) in [6.45, 7) is 6.76. The van der Waals surface area contributed by atoms with E-state index in [9.17, 15) is 0 Å². The lowest BCUT2D eigenvalue weighted by molar-refractivity contribution is -0.0766. The highest BCUT2D eigenvalue weighted by Gasteiger charge is 2.08. The molecule has 0 heterocycles. The normalized spacial score (nSPS) is 14.4. The second-order valence-corrected chi connectivity index (χ2v) is 3.99. The van der Waals surface area contributed by atoms with Crippen LogP contribution in [0.25, 0.3) is 0 Å². The average Bonchev–Trinajstić information content (AvgIpc) is 2.38. The van der Waals surface area contributed by atoms with Gasteiger partial charge in [-0.05, 0) is 31.0 Å². The summed E-state index contributed by atoms with van der Waals surface area (Å²) >= 11 is 0. The SMILES string of the molecule is CCOC(CC)Oc1ccc(C(N)CC)cc1. The Labute approximate surface area is 104 Å². The van der Waals surface area contributed by atoms with Gasteiger partial charge in [-0.1, -0.05) is 26.0 Å². The number of hydrogen-bond donors (Lipinski definition) is 1. The second-order valence-electron chi connectivity index (χ2n) is 3.99. The molecule has 0 radical (unpaired) electrons. The van der Waals surface area contributed by atoms with Gasteiger partial charge in [-0.2, -0.15) is 0 Å². The van der Waals surface area contributed by atoms with Crippen LogP contribution >= 0.6 is 0 Å². The molecular weight excluding hydrogens is 214 g/mol. The first kappa shape index (κ1) is 14.0. The molecule has 0 bridgehead atoms. The van der Waals surface area contributed by atoms with Crippen molar-refractivity contribution in [2.45, 2.75) is 45.9 Å². The van der Waals surface area contributed by atoms with Gasteiger partial charge < -0.3 is 15.2 Å². The number of nitrogens with two attached hydrogens (primary N) is 1. The highest BCUT2D eigenvalue weighted by molar-refractivity contribution is 5.29. The van der Waals surface area contributed by atoms with E-state index < -0.39 is 0 Å². The zero-order valence-electron chi connectivity index (χ0n) is 11.0. The van der Waals surface area contributed by atoms with Crippen molar-refractivity contribution in [1.29, 1.82) is 0 Å². The molecule has 17 heavy (non-hydrogen) atoms. The summed E-state index contributed by atoms with van der Waals surface area (Å²) in [6, 6.07) is 8.04. The average molecular weight is 237 g/mol. The third kappa shape index (κ3) is 4.36. The van der Waals surface area contributed by atoms with Crippen molar-refractivity contribution < 1.29 is 9.47 Å². The molecule has 0 aromatic heterocycles. The molecule has 3 heteroatoms. The standard InChI is InChI=1S/C14H23NO2/c1-4-13(15)11-7-9-12(10-8-11)17-14(5-2)16-6-3/h7-10,13-14H,4-6,15H2,1-3H3. The van der Waals surface area contributed by atoms with Gasteiger partial charge in [-0.15, -0.1) is 0 Å². The van der Waals surface area contributed by atoms with Gasteiger partial charge in [0.25, 0.3) is 0 Å². The molecule has 1 aromatic carbocycles. The molecule has 2 N–H and O–H groups in total. The van der Waals surface area contributed by atoms with E-state index in [0.717, 1.165) is 24.2 Å². The lowest BCUT2D eigenvalue weighted by Crippen LogP contribution is -2.19. The van der Waals surface area contributed by atoms with Crippen LogP contribution in [-0.4, -0.2) is 12.9 Å². The number of ether oxygens (including phenoxy) is 2. The van der Waals surface area contributed by atoms with E-state index in [1.807, 2.05) is 38.1 Å². The maximum atomic E-state index is 5.95. The van der Waals surface area contributed by atoms with E-state index in [0.29, 0.717) is 6.61 Å². The largest absolute Gasteiger partial charge is 0.465 e. The van der Waals surface area contributed by atoms with E-state index in [-0.39, 0.29) is 12.3 Å². The van der Waals surface area contributed by atoms with E-state index in [1.165, 1.54) is 0 Å². The van der Waals surface area contributed by atoms with Crippen LogP contribution in [-0.2, 0) is 4.74 Å². The molecule has 0 saturated carbocycles. The Balaban J connectivity index is 2.61. The summed E-state index contributed by atoms with van der Waals surface area (Å²) in [5.74, 6) is 0.831. The molecule has 0 amide bonds. The molecule has 0 spiro atoms. The molecule has 0 fully saturated rings. The van der Waals surface area contributed by atoms with Crippen LogP contribution in [0.1, 0.15) is 45.2 Å². The van der Waals surface area contributed by atoms with Crippen LogP contribution in [0, 0.1) is 0 Å². The fraction of sp³-hybridized carbons (Fsp3) is 0.571. The Morgan fingerprint density at radius 1 is 1.06 bits per heavy atom. The monoisotopic (exact) mass is 237 g/mol. The van der Waals surface area contributed by atoms with Crippen LogP contribution < -0.4 is 10.5 Å². The minimum atomic E-state index is -0.161. The summed E-state index contributed by atoms with van der Waals surface area (Å²) in [6.07, 6.45) is 1.62. The van der Waals surface area contributed by atoms with Crippen molar-refractivity contribution in [3.8, 4) is 5.75 Å². The molecule has 1 aromatic rings. The van der Waals surface area contributed by atoms with E-state index >= 15 is 0 Å². The van der Waals surface area contributed by atoms with Crippen molar-refractivity contribution in [2.75, 3.05) is 6.61 Å². The first-order valence-corrected chi connectivity index (χ1v) is 6.35. The lowest BCUT2D eigenvalue weighted by Gasteiger charge is -2.17. The highest BCUT2D eigenvalue weighted by atomic mass is 16.7. The number of benzene rings is 1. The van der Waals surface area contributed by atoms with Crippen molar-refractivity contribution in [3.05, 3.63) is 29.8 Å². The summed E-state index contributed by atoms with van der Waals surface area (Å²) in [5.41, 5.74) is 7.10. The minimum absolute atomic E-state index is 0.109. The van der Waals surface area contributed by atoms with E-state index in [4.69, 9.17) is 15.2 Å². The second kappa shape index (κ2) is 7.30. The molecule has 2 unspecified atom stereocenters. The van der Waals surface area contributed by atoms with Crippen molar-refractivity contribution in [2.24, 2.45) is 5.73 Å². The summed E-state index contributed by atoms with van der Waals surface area (Å²) in [5, 5.41) is 0. The third-order valence-corrected chi connectivity index (χ3v) is 2.70. The topological polar surface area (TPSA) is 44.5 Å². The molecular formula is C14H23NO2. The van der Waals surface area contributed by atoms with Crippen LogP contribution in [0.5, 0.6) is 5.75 Å². The maximum absolute atomic E-state index is 5.95. The van der Waals surface area contributed by atoms with Crippen molar-refractivity contribution >= 4 is 0 Å². The van der Waals surface area contributed by atoms with Gasteiger partial charge in [0.1, 0.15) is 5.75 Å². The van der Waals surface area contributed by atoms with Crippen LogP contribution in [0.3, 0.4) is 0 Å². The zero-order valence-corrected chi connectivity index (χ0v) is 11.0. The van der Waals surface area contributed by atoms with Crippen molar-refractivity contribution in [3.63, 3.8) is 0 Å². The van der Waals surface area contributed by atoms with Gasteiger partial charge in [0.15, 0.2) is 6.29 Å². The number of rotatable bonds is 7. The number of hydrogen-bond acceptors (Lipinski definition) is 3. The zero-order chi connectivity index (χ0) is 12.7. The van der Waals surface area contributed by atoms with Gasteiger partial charge in [-0.3, -0.25) is 0 Å². The van der Waals surface area contributed by atoms with Crippen molar-refractivity contribution in [1.82, 2.24) is 0 Å². The van der Waals surface area contributed by atoms with Crippen LogP contribution in [0.15, 0.2) is 24.3 Å². The predicted octanol–water partition coefficient (Wildman–Crippen LogP) is 3.25. The highest BCUT2D eigenvalue weighted by Crippen LogP contribution is 2.19. The van der Waals surface area contributed by atoms with Gasteiger partial charge in [0, 0.05) is 19.1 Å². The molecule has 0 aliphatic heterocycles. The first-order chi connectivity index (χ1) is 8.21. The summed E-state index contributed by atoms with van der Waals surface area (Å²) in [4.78, 5) is 0. The van der Waals surface area contributed by atoms with Gasteiger partial charge >= 0.3 is 0 Å². The van der Waals surface area contributed by atoms with Gasteiger partial charge in [-0.25, -0.2) is 0 Å². The van der Waals surface area contributed by atoms with E-state index in [1.54, 1.807) is 0 Å². The Hall–Kier alpha value is -1.06. The molecule has 2 atom stereocenters. The lowest BCUT2D eigenvalue weighted by atomic mass is 10.1. The quantitative estimate of drug-likeness (QED) is 0.740. The molecule has 0 saturated heterocycles. The van der Waals surface area contributed by atoms with Gasteiger partial charge in [0.05, 0.1) is 0 Å². The summed E-state index contributed by atoms with van der Waals surface area (Å²) in [7, 11) is 0. The third-order valence-electron chi connectivity index (χ3n) is 2.70. The molecule has 1 rings (SSSR count). The fourth-order valence-corrected chi connectivity index (χ4v) is 1.60.